The third-order valence-electron chi connectivity index (χ3n) is 2.21. The molecule has 1 aromatic rings. The van der Waals surface area contributed by atoms with Gasteiger partial charge in [-0.25, -0.2) is 0 Å². The van der Waals surface area contributed by atoms with Crippen molar-refractivity contribution in [3.05, 3.63) is 23.3 Å². The number of aryl methyl sites for hydroxylation is 2. The van der Waals surface area contributed by atoms with E-state index in [4.69, 9.17) is 9.47 Å². The number of ether oxygens (including phenoxy) is 2. The fourth-order valence-corrected chi connectivity index (χ4v) is 1.59. The minimum absolute atomic E-state index is 0.358. The molecule has 0 saturated carbocycles. The normalized spacial score (nSPS) is 9.88. The molecule has 92 valence electrons. The lowest BCUT2D eigenvalue weighted by atomic mass is 10.1. The molecule has 0 heterocycles. The van der Waals surface area contributed by atoms with E-state index < -0.39 is 0 Å². The van der Waals surface area contributed by atoms with Crippen molar-refractivity contribution >= 4 is 11.9 Å². The van der Waals surface area contributed by atoms with E-state index in [0.29, 0.717) is 17.9 Å². The van der Waals surface area contributed by atoms with Gasteiger partial charge in [0.2, 0.25) is 0 Å². The van der Waals surface area contributed by atoms with Gasteiger partial charge in [-0.3, -0.25) is 9.59 Å². The Morgan fingerprint density at radius 2 is 1.71 bits per heavy atom. The molecule has 17 heavy (non-hydrogen) atoms. The number of hydrogen-bond donors (Lipinski definition) is 0. The Morgan fingerprint density at radius 1 is 1.12 bits per heavy atom. The lowest BCUT2D eigenvalue weighted by Gasteiger charge is -2.12. The summed E-state index contributed by atoms with van der Waals surface area (Å²) in [6.45, 7) is 6.46. The standard InChI is InChI=1S/C13H16O4/c1-5-11-7-12(16-9(3)14)6-8(2)13(11)17-10(4)15/h6-7H,5H2,1-4H3. The van der Waals surface area contributed by atoms with Crippen LogP contribution in [0.25, 0.3) is 0 Å². The topological polar surface area (TPSA) is 52.6 Å². The van der Waals surface area contributed by atoms with Gasteiger partial charge in [-0.2, -0.15) is 0 Å². The molecule has 0 saturated heterocycles. The Hall–Kier alpha value is -1.84. The maximum absolute atomic E-state index is 11.0. The van der Waals surface area contributed by atoms with Crippen molar-refractivity contribution in [3.63, 3.8) is 0 Å². The van der Waals surface area contributed by atoms with Crippen LogP contribution < -0.4 is 9.47 Å². The predicted molar refractivity (Wildman–Crippen MR) is 63.2 cm³/mol. The van der Waals surface area contributed by atoms with Crippen LogP contribution in [0.5, 0.6) is 11.5 Å². The zero-order chi connectivity index (χ0) is 13.0. The van der Waals surface area contributed by atoms with Crippen molar-refractivity contribution in [2.24, 2.45) is 0 Å². The molecule has 0 unspecified atom stereocenters. The minimum atomic E-state index is -0.369. The van der Waals surface area contributed by atoms with Crippen LogP contribution in [0.2, 0.25) is 0 Å². The van der Waals surface area contributed by atoms with Crippen LogP contribution in [0.15, 0.2) is 12.1 Å². The molecule has 0 aliphatic rings. The molecule has 0 bridgehead atoms. The van der Waals surface area contributed by atoms with Crippen molar-refractivity contribution in [3.8, 4) is 11.5 Å². The van der Waals surface area contributed by atoms with E-state index in [1.807, 2.05) is 13.8 Å². The molecule has 4 heteroatoms. The van der Waals surface area contributed by atoms with Crippen LogP contribution in [-0.2, 0) is 16.0 Å². The lowest BCUT2D eigenvalue weighted by molar-refractivity contribution is -0.133. The van der Waals surface area contributed by atoms with Gasteiger partial charge in [0.05, 0.1) is 0 Å². The second-order valence-electron chi connectivity index (χ2n) is 3.77. The molecular formula is C13H16O4. The molecular weight excluding hydrogens is 220 g/mol. The third-order valence-corrected chi connectivity index (χ3v) is 2.21. The summed E-state index contributed by atoms with van der Waals surface area (Å²) < 4.78 is 10.2. The van der Waals surface area contributed by atoms with E-state index in [0.717, 1.165) is 11.1 Å². The molecule has 0 N–H and O–H groups in total. The average molecular weight is 236 g/mol. The number of hydrogen-bond acceptors (Lipinski definition) is 4. The van der Waals surface area contributed by atoms with E-state index in [2.05, 4.69) is 0 Å². The first kappa shape index (κ1) is 13.2. The van der Waals surface area contributed by atoms with E-state index in [-0.39, 0.29) is 11.9 Å². The molecule has 0 aliphatic carbocycles. The van der Waals surface area contributed by atoms with Gasteiger partial charge in [0.25, 0.3) is 0 Å². The number of rotatable bonds is 3. The average Bonchev–Trinajstić information content (AvgIpc) is 2.20. The molecule has 0 spiro atoms. The SMILES string of the molecule is CCc1cc(OC(C)=O)cc(C)c1OC(C)=O. The van der Waals surface area contributed by atoms with E-state index >= 15 is 0 Å². The highest BCUT2D eigenvalue weighted by Crippen LogP contribution is 2.29. The van der Waals surface area contributed by atoms with E-state index in [1.54, 1.807) is 12.1 Å². The fraction of sp³-hybridized carbons (Fsp3) is 0.385. The largest absolute Gasteiger partial charge is 0.427 e. The Labute approximate surface area is 101 Å². The van der Waals surface area contributed by atoms with Gasteiger partial charge in [0.15, 0.2) is 0 Å². The van der Waals surface area contributed by atoms with Crippen LogP contribution in [-0.4, -0.2) is 11.9 Å². The van der Waals surface area contributed by atoms with Crippen molar-refractivity contribution in [1.29, 1.82) is 0 Å². The summed E-state index contributed by atoms with van der Waals surface area (Å²) in [6.07, 6.45) is 0.693. The highest BCUT2D eigenvalue weighted by molar-refractivity contribution is 5.72. The maximum Gasteiger partial charge on any atom is 0.308 e. The summed E-state index contributed by atoms with van der Waals surface area (Å²) in [4.78, 5) is 21.9. The van der Waals surface area contributed by atoms with Crippen LogP contribution in [0.4, 0.5) is 0 Å². The molecule has 0 aromatic heterocycles. The summed E-state index contributed by atoms with van der Waals surface area (Å²) in [6, 6.07) is 3.39. The van der Waals surface area contributed by atoms with Gasteiger partial charge in [0.1, 0.15) is 11.5 Å². The number of benzene rings is 1. The van der Waals surface area contributed by atoms with Crippen molar-refractivity contribution in [2.75, 3.05) is 0 Å². The number of carbonyl (C=O) groups is 2. The van der Waals surface area contributed by atoms with Crippen LogP contribution in [0, 0.1) is 6.92 Å². The van der Waals surface area contributed by atoms with Gasteiger partial charge in [0, 0.05) is 13.8 Å². The Morgan fingerprint density at radius 3 is 2.18 bits per heavy atom. The quantitative estimate of drug-likeness (QED) is 0.597. The monoisotopic (exact) mass is 236 g/mol. The molecule has 4 nitrogen and oxygen atoms in total. The Bertz CT molecular complexity index is 449. The second-order valence-corrected chi connectivity index (χ2v) is 3.77. The summed E-state index contributed by atoms with van der Waals surface area (Å²) >= 11 is 0. The van der Waals surface area contributed by atoms with Gasteiger partial charge < -0.3 is 9.47 Å². The predicted octanol–water partition coefficient (Wildman–Crippen LogP) is 2.41. The first-order valence-corrected chi connectivity index (χ1v) is 5.44. The van der Waals surface area contributed by atoms with Crippen molar-refractivity contribution in [2.45, 2.75) is 34.1 Å². The lowest BCUT2D eigenvalue weighted by Crippen LogP contribution is -2.07. The highest BCUT2D eigenvalue weighted by atomic mass is 16.5. The number of esters is 2. The molecule has 1 aromatic carbocycles. The summed E-state index contributed by atoms with van der Waals surface area (Å²) in [5, 5.41) is 0. The zero-order valence-electron chi connectivity index (χ0n) is 10.5. The summed E-state index contributed by atoms with van der Waals surface area (Å²) in [7, 11) is 0. The fourth-order valence-electron chi connectivity index (χ4n) is 1.59. The molecule has 0 aliphatic heterocycles. The molecule has 0 atom stereocenters. The molecule has 1 rings (SSSR count). The second kappa shape index (κ2) is 5.48. The molecule has 0 radical (unpaired) electrons. The summed E-state index contributed by atoms with van der Waals surface area (Å²) in [5.41, 5.74) is 1.62. The van der Waals surface area contributed by atoms with Gasteiger partial charge in [-0.15, -0.1) is 0 Å². The Balaban J connectivity index is 3.15. The van der Waals surface area contributed by atoms with Crippen LogP contribution >= 0.6 is 0 Å². The van der Waals surface area contributed by atoms with Crippen molar-refractivity contribution in [1.82, 2.24) is 0 Å². The van der Waals surface area contributed by atoms with E-state index in [9.17, 15) is 9.59 Å². The summed E-state index contributed by atoms with van der Waals surface area (Å²) in [5.74, 6) is 0.299. The smallest absolute Gasteiger partial charge is 0.308 e. The first-order chi connectivity index (χ1) is 7.93. The third kappa shape index (κ3) is 3.59. The van der Waals surface area contributed by atoms with Crippen LogP contribution in [0.3, 0.4) is 0 Å². The van der Waals surface area contributed by atoms with Crippen molar-refractivity contribution < 1.29 is 19.1 Å². The van der Waals surface area contributed by atoms with Gasteiger partial charge in [-0.1, -0.05) is 6.92 Å². The zero-order valence-corrected chi connectivity index (χ0v) is 10.5. The van der Waals surface area contributed by atoms with Gasteiger partial charge >= 0.3 is 11.9 Å². The van der Waals surface area contributed by atoms with Gasteiger partial charge in [-0.05, 0) is 36.6 Å². The maximum atomic E-state index is 11.0. The molecule has 0 fully saturated rings. The Kier molecular flexibility index (Phi) is 4.26. The van der Waals surface area contributed by atoms with E-state index in [1.165, 1.54) is 13.8 Å². The van der Waals surface area contributed by atoms with Crippen LogP contribution in [0.1, 0.15) is 31.9 Å². The highest BCUT2D eigenvalue weighted by Gasteiger charge is 2.12. The minimum Gasteiger partial charge on any atom is -0.427 e. The molecule has 0 amide bonds. The first-order valence-electron chi connectivity index (χ1n) is 5.44. The number of carbonyl (C=O) groups excluding carboxylic acids is 2.